The van der Waals surface area contributed by atoms with Gasteiger partial charge in [-0.3, -0.25) is 4.90 Å². The van der Waals surface area contributed by atoms with Gasteiger partial charge in [0.1, 0.15) is 17.8 Å². The number of fused-ring (bicyclic) bond motifs is 5. The third kappa shape index (κ3) is 3.56. The molecule has 2 saturated heterocycles. The molecule has 1 amide bonds. The van der Waals surface area contributed by atoms with Crippen LogP contribution in [-0.2, 0) is 21.7 Å². The van der Waals surface area contributed by atoms with E-state index in [1.54, 1.807) is 4.90 Å². The smallest absolute Gasteiger partial charge is 0.410 e. The first kappa shape index (κ1) is 20.3. The minimum atomic E-state index is -1.05. The van der Waals surface area contributed by atoms with E-state index < -0.39 is 5.60 Å². The maximum atomic E-state index is 13.0. The summed E-state index contributed by atoms with van der Waals surface area (Å²) in [6.07, 6.45) is 0.437. The molecule has 0 saturated carbocycles. The van der Waals surface area contributed by atoms with Gasteiger partial charge in [-0.1, -0.05) is 54.6 Å². The van der Waals surface area contributed by atoms with Crippen molar-refractivity contribution in [3.63, 3.8) is 0 Å². The number of ether oxygens (including phenoxy) is 2. The third-order valence-corrected chi connectivity index (χ3v) is 6.88. The fraction of sp³-hybridized carbons (Fsp3) is 0.296. The van der Waals surface area contributed by atoms with E-state index in [0.717, 1.165) is 33.1 Å². The molecule has 3 aromatic carbocycles. The zero-order valence-electron chi connectivity index (χ0n) is 18.1. The van der Waals surface area contributed by atoms with Crippen LogP contribution in [0.1, 0.15) is 24.0 Å². The van der Waals surface area contributed by atoms with E-state index in [-0.39, 0.29) is 24.8 Å². The molecule has 2 bridgehead atoms. The Bertz CT molecular complexity index is 1300. The number of carbonyl (C=O) groups is 1. The van der Waals surface area contributed by atoms with Gasteiger partial charge in [0.15, 0.2) is 0 Å². The van der Waals surface area contributed by atoms with Crippen molar-refractivity contribution in [3.8, 4) is 0 Å². The van der Waals surface area contributed by atoms with Crippen molar-refractivity contribution in [1.29, 1.82) is 0 Å². The number of aliphatic hydroxyl groups is 1. The summed E-state index contributed by atoms with van der Waals surface area (Å²) in [7, 11) is 0. The van der Waals surface area contributed by atoms with Crippen LogP contribution in [0.3, 0.4) is 0 Å². The van der Waals surface area contributed by atoms with Gasteiger partial charge < -0.3 is 19.0 Å². The lowest BCUT2D eigenvalue weighted by atomic mass is 9.76. The van der Waals surface area contributed by atoms with Crippen LogP contribution in [-0.4, -0.2) is 41.4 Å². The molecule has 1 aromatic heterocycles. The number of hydrogen-bond acceptors (Lipinski definition) is 5. The maximum Gasteiger partial charge on any atom is 0.410 e. The lowest BCUT2D eigenvalue weighted by Gasteiger charge is -2.51. The molecular weight excluding hydrogens is 418 g/mol. The van der Waals surface area contributed by atoms with Gasteiger partial charge in [-0.15, -0.1) is 0 Å². The Labute approximate surface area is 191 Å². The summed E-state index contributed by atoms with van der Waals surface area (Å²) in [6.45, 7) is 0.997. The van der Waals surface area contributed by atoms with Gasteiger partial charge in [-0.25, -0.2) is 4.79 Å². The quantitative estimate of drug-likeness (QED) is 0.484. The lowest BCUT2D eigenvalue weighted by molar-refractivity contribution is -0.136. The van der Waals surface area contributed by atoms with Crippen LogP contribution in [0.4, 0.5) is 4.79 Å². The van der Waals surface area contributed by atoms with Crippen LogP contribution >= 0.6 is 0 Å². The topological polar surface area (TPSA) is 72.1 Å². The number of benzene rings is 3. The van der Waals surface area contributed by atoms with E-state index in [4.69, 9.17) is 13.9 Å². The number of piperidine rings is 1. The SMILES string of the molecule is O=C(OCc1ccccc1)N1C2COCC1CC(O)(c1ccc3oc4ccccc4c3c1)C2. The second-order valence-corrected chi connectivity index (χ2v) is 9.04. The van der Waals surface area contributed by atoms with Crippen LogP contribution in [0.25, 0.3) is 21.9 Å². The van der Waals surface area contributed by atoms with Crippen LogP contribution in [0.2, 0.25) is 0 Å². The molecule has 6 rings (SSSR count). The predicted molar refractivity (Wildman–Crippen MR) is 124 cm³/mol. The van der Waals surface area contributed by atoms with Crippen molar-refractivity contribution in [2.75, 3.05) is 13.2 Å². The van der Waals surface area contributed by atoms with E-state index in [0.29, 0.717) is 26.1 Å². The van der Waals surface area contributed by atoms with Gasteiger partial charge in [-0.05, 0) is 29.3 Å². The van der Waals surface area contributed by atoms with Crippen molar-refractivity contribution in [3.05, 3.63) is 83.9 Å². The number of nitrogens with zero attached hydrogens (tertiary/aromatic N) is 1. The Morgan fingerprint density at radius 1 is 0.939 bits per heavy atom. The number of hydrogen-bond donors (Lipinski definition) is 1. The Morgan fingerprint density at radius 3 is 2.42 bits per heavy atom. The Morgan fingerprint density at radius 2 is 1.64 bits per heavy atom. The average molecular weight is 443 g/mol. The van der Waals surface area contributed by atoms with Crippen molar-refractivity contribution in [1.82, 2.24) is 4.90 Å². The number of furan rings is 1. The van der Waals surface area contributed by atoms with E-state index in [2.05, 4.69) is 0 Å². The number of para-hydroxylation sites is 1. The van der Waals surface area contributed by atoms with Crippen molar-refractivity contribution in [2.24, 2.45) is 0 Å². The summed E-state index contributed by atoms with van der Waals surface area (Å²) in [5, 5.41) is 13.8. The third-order valence-electron chi connectivity index (χ3n) is 6.88. The Hall–Kier alpha value is -3.35. The molecule has 6 heteroatoms. The zero-order valence-corrected chi connectivity index (χ0v) is 18.1. The van der Waals surface area contributed by atoms with Gasteiger partial charge in [0.05, 0.1) is 30.9 Å². The average Bonchev–Trinajstić information content (AvgIpc) is 3.21. The number of morpholine rings is 1. The summed E-state index contributed by atoms with van der Waals surface area (Å²) in [4.78, 5) is 14.7. The second kappa shape index (κ2) is 7.90. The molecule has 4 aromatic rings. The van der Waals surface area contributed by atoms with Gasteiger partial charge in [0.25, 0.3) is 0 Å². The maximum absolute atomic E-state index is 13.0. The second-order valence-electron chi connectivity index (χ2n) is 9.04. The molecule has 0 spiro atoms. The first-order valence-corrected chi connectivity index (χ1v) is 11.3. The highest BCUT2D eigenvalue weighted by Gasteiger charge is 2.49. The lowest BCUT2D eigenvalue weighted by Crippen LogP contribution is -2.62. The van der Waals surface area contributed by atoms with E-state index in [1.807, 2.05) is 72.8 Å². The summed E-state index contributed by atoms with van der Waals surface area (Å²) < 4.78 is 17.3. The number of amides is 1. The van der Waals surface area contributed by atoms with Gasteiger partial charge in [0, 0.05) is 23.6 Å². The van der Waals surface area contributed by atoms with Gasteiger partial charge in [-0.2, -0.15) is 0 Å². The van der Waals surface area contributed by atoms with E-state index >= 15 is 0 Å². The van der Waals surface area contributed by atoms with Crippen LogP contribution in [0.15, 0.2) is 77.2 Å². The summed E-state index contributed by atoms with van der Waals surface area (Å²) in [5.41, 5.74) is 2.37. The fourth-order valence-electron chi connectivity index (χ4n) is 5.32. The first-order chi connectivity index (χ1) is 16.1. The Kier molecular flexibility index (Phi) is 4.85. The molecule has 3 heterocycles. The molecule has 0 aliphatic carbocycles. The van der Waals surface area contributed by atoms with Crippen LogP contribution < -0.4 is 0 Å². The van der Waals surface area contributed by atoms with Crippen LogP contribution in [0.5, 0.6) is 0 Å². The van der Waals surface area contributed by atoms with Gasteiger partial charge >= 0.3 is 6.09 Å². The molecule has 6 nitrogen and oxygen atoms in total. The zero-order chi connectivity index (χ0) is 22.4. The standard InChI is InChI=1S/C27H25NO5/c29-26(32-15-18-6-2-1-3-7-18)28-20-13-27(30,14-21(28)17-31-16-20)19-10-11-25-23(12-19)22-8-4-5-9-24(22)33-25/h1-12,20-21,30H,13-17H2. The predicted octanol–water partition coefficient (Wildman–Crippen LogP) is 4.97. The van der Waals surface area contributed by atoms with E-state index in [9.17, 15) is 9.90 Å². The normalized spacial score (nSPS) is 24.8. The minimum absolute atomic E-state index is 0.227. The van der Waals surface area contributed by atoms with Crippen LogP contribution in [0, 0.1) is 0 Å². The molecule has 33 heavy (non-hydrogen) atoms. The van der Waals surface area contributed by atoms with Crippen molar-refractivity contribution >= 4 is 28.0 Å². The summed E-state index contributed by atoms with van der Waals surface area (Å²) in [6, 6.07) is 23.0. The number of rotatable bonds is 3. The monoisotopic (exact) mass is 443 g/mol. The molecular formula is C27H25NO5. The number of carbonyl (C=O) groups excluding carboxylic acids is 1. The summed E-state index contributed by atoms with van der Waals surface area (Å²) >= 11 is 0. The largest absolute Gasteiger partial charge is 0.456 e. The molecule has 0 radical (unpaired) electrons. The minimum Gasteiger partial charge on any atom is -0.456 e. The molecule has 1 N–H and O–H groups in total. The van der Waals surface area contributed by atoms with Crippen molar-refractivity contribution < 1.29 is 23.8 Å². The first-order valence-electron chi connectivity index (χ1n) is 11.3. The molecule has 2 aliphatic rings. The van der Waals surface area contributed by atoms with E-state index in [1.165, 1.54) is 0 Å². The van der Waals surface area contributed by atoms with Crippen molar-refractivity contribution in [2.45, 2.75) is 37.1 Å². The highest BCUT2D eigenvalue weighted by molar-refractivity contribution is 6.05. The highest BCUT2D eigenvalue weighted by Crippen LogP contribution is 2.43. The summed E-state index contributed by atoms with van der Waals surface area (Å²) in [5.74, 6) is 0. The molecule has 2 fully saturated rings. The molecule has 2 aliphatic heterocycles. The highest BCUT2D eigenvalue weighted by atomic mass is 16.6. The van der Waals surface area contributed by atoms with Gasteiger partial charge in [0.2, 0.25) is 0 Å². The Balaban J connectivity index is 1.26. The molecule has 2 unspecified atom stereocenters. The molecule has 168 valence electrons. The fourth-order valence-corrected chi connectivity index (χ4v) is 5.32. The molecule has 2 atom stereocenters.